The Kier molecular flexibility index (Phi) is 6.68. The Hall–Kier alpha value is -6.36. The van der Waals surface area contributed by atoms with Gasteiger partial charge in [-0.15, -0.1) is 11.3 Å². The number of thiophene rings is 1. The second-order valence-corrected chi connectivity index (χ2v) is 13.6. The largest absolute Gasteiger partial charge is 0.309 e. The third-order valence-corrected chi connectivity index (χ3v) is 10.9. The Bertz CT molecular complexity index is 2840. The molecule has 3 nitrogen and oxygen atoms in total. The molecule has 0 amide bonds. The van der Waals surface area contributed by atoms with Crippen molar-refractivity contribution in [1.29, 1.82) is 0 Å². The van der Waals surface area contributed by atoms with Crippen molar-refractivity contribution in [3.63, 3.8) is 0 Å². The van der Waals surface area contributed by atoms with Crippen molar-refractivity contribution in [2.45, 2.75) is 0 Å². The fourth-order valence-corrected chi connectivity index (χ4v) is 8.54. The Morgan fingerprint density at radius 1 is 0.400 bits per heavy atom. The van der Waals surface area contributed by atoms with Crippen LogP contribution >= 0.6 is 11.3 Å². The number of nitrogens with zero attached hydrogens (tertiary/aromatic N) is 3. The van der Waals surface area contributed by atoms with Gasteiger partial charge in [0.1, 0.15) is 0 Å². The monoisotopic (exact) mass is 655 g/mol. The summed E-state index contributed by atoms with van der Waals surface area (Å²) in [5.41, 5.74) is 12.5. The molecular weight excluding hydrogens is 627 g/mol. The molecule has 3 heterocycles. The van der Waals surface area contributed by atoms with Crippen LogP contribution in [0.3, 0.4) is 0 Å². The first-order valence-corrected chi connectivity index (χ1v) is 17.7. The molecule has 10 aromatic rings. The molecule has 0 unspecified atom stereocenters. The molecule has 0 bridgehead atoms. The maximum absolute atomic E-state index is 5.17. The lowest BCUT2D eigenvalue weighted by Crippen LogP contribution is -1.93. The minimum atomic E-state index is 0.746. The molecule has 0 saturated heterocycles. The van der Waals surface area contributed by atoms with Gasteiger partial charge in [0.05, 0.1) is 26.9 Å². The SMILES string of the molecule is c1ccc(-c2nc(-c3ccccc3)c3sc4c(-c5ccc(-c6ccc7c(c6)c6ccccc6n7-c6ccccc6)cc5)cccc4c3n2)cc1. The van der Waals surface area contributed by atoms with E-state index in [9.17, 15) is 0 Å². The highest BCUT2D eigenvalue weighted by Crippen LogP contribution is 2.43. The second kappa shape index (κ2) is 11.7. The van der Waals surface area contributed by atoms with Gasteiger partial charge in [0.25, 0.3) is 0 Å². The minimum Gasteiger partial charge on any atom is -0.309 e. The van der Waals surface area contributed by atoms with E-state index < -0.39 is 0 Å². The number of para-hydroxylation sites is 2. The third-order valence-electron chi connectivity index (χ3n) is 9.64. The summed E-state index contributed by atoms with van der Waals surface area (Å²) < 4.78 is 4.69. The Labute approximate surface area is 293 Å². The van der Waals surface area contributed by atoms with E-state index in [2.05, 4.69) is 156 Å². The third kappa shape index (κ3) is 4.65. The summed E-state index contributed by atoms with van der Waals surface area (Å²) in [5.74, 6) is 0.746. The number of rotatable bonds is 5. The van der Waals surface area contributed by atoms with E-state index >= 15 is 0 Å². The molecule has 0 aliphatic rings. The van der Waals surface area contributed by atoms with Gasteiger partial charge in [-0.3, -0.25) is 0 Å². The fourth-order valence-electron chi connectivity index (χ4n) is 7.25. The van der Waals surface area contributed by atoms with Crippen molar-refractivity contribution in [2.24, 2.45) is 0 Å². The van der Waals surface area contributed by atoms with Crippen LogP contribution in [0.5, 0.6) is 0 Å². The number of benzene rings is 7. The van der Waals surface area contributed by atoms with Crippen LogP contribution in [0.25, 0.3) is 92.7 Å². The summed E-state index contributed by atoms with van der Waals surface area (Å²) in [6.45, 7) is 0. The van der Waals surface area contributed by atoms with E-state index in [1.807, 2.05) is 24.3 Å². The molecule has 0 aliphatic heterocycles. The van der Waals surface area contributed by atoms with Crippen molar-refractivity contribution < 1.29 is 0 Å². The molecule has 234 valence electrons. The minimum absolute atomic E-state index is 0.746. The average Bonchev–Trinajstić information content (AvgIpc) is 3.74. The molecule has 0 saturated carbocycles. The lowest BCUT2D eigenvalue weighted by Gasteiger charge is -2.09. The number of aromatic nitrogens is 3. The Morgan fingerprint density at radius 3 is 1.80 bits per heavy atom. The first-order valence-electron chi connectivity index (χ1n) is 16.8. The lowest BCUT2D eigenvalue weighted by molar-refractivity contribution is 1.18. The quantitative estimate of drug-likeness (QED) is 0.185. The van der Waals surface area contributed by atoms with Gasteiger partial charge in [-0.05, 0) is 52.6 Å². The molecule has 0 spiro atoms. The fraction of sp³-hybridized carbons (Fsp3) is 0. The molecule has 3 aromatic heterocycles. The molecule has 0 radical (unpaired) electrons. The van der Waals surface area contributed by atoms with Crippen LogP contribution in [0.1, 0.15) is 0 Å². The van der Waals surface area contributed by atoms with Gasteiger partial charge in [0.2, 0.25) is 0 Å². The van der Waals surface area contributed by atoms with E-state index in [0.29, 0.717) is 0 Å². The van der Waals surface area contributed by atoms with E-state index in [1.165, 1.54) is 54.4 Å². The smallest absolute Gasteiger partial charge is 0.160 e. The van der Waals surface area contributed by atoms with Gasteiger partial charge < -0.3 is 4.57 Å². The van der Waals surface area contributed by atoms with Crippen LogP contribution in [-0.2, 0) is 0 Å². The van der Waals surface area contributed by atoms with Gasteiger partial charge in [-0.1, -0.05) is 146 Å². The molecule has 4 heteroatoms. The summed E-state index contributed by atoms with van der Waals surface area (Å²) >= 11 is 1.78. The van der Waals surface area contributed by atoms with E-state index in [1.54, 1.807) is 11.3 Å². The van der Waals surface area contributed by atoms with Gasteiger partial charge in [0.15, 0.2) is 5.82 Å². The predicted molar refractivity (Wildman–Crippen MR) is 211 cm³/mol. The average molecular weight is 656 g/mol. The van der Waals surface area contributed by atoms with E-state index in [4.69, 9.17) is 9.97 Å². The van der Waals surface area contributed by atoms with Crippen molar-refractivity contribution in [3.05, 3.63) is 176 Å². The van der Waals surface area contributed by atoms with Gasteiger partial charge >= 0.3 is 0 Å². The molecular formula is C46H29N3S. The number of hydrogen-bond donors (Lipinski definition) is 0. The zero-order valence-electron chi connectivity index (χ0n) is 27.0. The summed E-state index contributed by atoms with van der Waals surface area (Å²) in [6.07, 6.45) is 0. The van der Waals surface area contributed by atoms with Crippen molar-refractivity contribution in [1.82, 2.24) is 14.5 Å². The molecule has 0 N–H and O–H groups in total. The van der Waals surface area contributed by atoms with Crippen molar-refractivity contribution >= 4 is 53.4 Å². The molecule has 50 heavy (non-hydrogen) atoms. The molecule has 10 rings (SSSR count). The number of hydrogen-bond acceptors (Lipinski definition) is 3. The summed E-state index contributed by atoms with van der Waals surface area (Å²) in [7, 11) is 0. The Balaban J connectivity index is 1.09. The summed E-state index contributed by atoms with van der Waals surface area (Å²) in [6, 6.07) is 62.5. The van der Waals surface area contributed by atoms with Crippen LogP contribution in [0, 0.1) is 0 Å². The Morgan fingerprint density at radius 2 is 1.02 bits per heavy atom. The van der Waals surface area contributed by atoms with Crippen LogP contribution in [0.2, 0.25) is 0 Å². The standard InChI is InChI=1S/C46H29N3S/c1-4-13-32(14-5-1)42-45-43(48-46(47-42)33-15-6-2-7-16-33)38-21-12-20-36(44(38)50-45)31-25-23-30(24-26-31)34-27-28-41-39(29-34)37-19-10-11-22-40(37)49(41)35-17-8-3-9-18-35/h1-29H. The van der Waals surface area contributed by atoms with Crippen LogP contribution < -0.4 is 0 Å². The summed E-state index contributed by atoms with van der Waals surface area (Å²) in [4.78, 5) is 10.3. The van der Waals surface area contributed by atoms with Crippen molar-refractivity contribution in [2.75, 3.05) is 0 Å². The molecule has 7 aromatic carbocycles. The topological polar surface area (TPSA) is 30.7 Å². The summed E-state index contributed by atoms with van der Waals surface area (Å²) in [5, 5.41) is 3.67. The zero-order chi connectivity index (χ0) is 33.0. The van der Waals surface area contributed by atoms with Gasteiger partial charge in [-0.2, -0.15) is 0 Å². The molecule has 0 aliphatic carbocycles. The van der Waals surface area contributed by atoms with Gasteiger partial charge in [0, 0.05) is 37.7 Å². The second-order valence-electron chi connectivity index (χ2n) is 12.6. The molecule has 0 fully saturated rings. The highest BCUT2D eigenvalue weighted by molar-refractivity contribution is 7.26. The van der Waals surface area contributed by atoms with E-state index in [0.717, 1.165) is 38.2 Å². The normalized spacial score (nSPS) is 11.6. The highest BCUT2D eigenvalue weighted by Gasteiger charge is 2.19. The molecule has 0 atom stereocenters. The number of fused-ring (bicyclic) bond motifs is 6. The van der Waals surface area contributed by atoms with E-state index in [-0.39, 0.29) is 0 Å². The lowest BCUT2D eigenvalue weighted by atomic mass is 9.98. The first-order chi connectivity index (χ1) is 24.8. The highest BCUT2D eigenvalue weighted by atomic mass is 32.1. The van der Waals surface area contributed by atoms with Crippen LogP contribution in [0.4, 0.5) is 0 Å². The van der Waals surface area contributed by atoms with Gasteiger partial charge in [-0.25, -0.2) is 9.97 Å². The van der Waals surface area contributed by atoms with Crippen LogP contribution in [0.15, 0.2) is 176 Å². The van der Waals surface area contributed by atoms with Crippen molar-refractivity contribution in [3.8, 4) is 50.6 Å². The van der Waals surface area contributed by atoms with Crippen LogP contribution in [-0.4, -0.2) is 14.5 Å². The predicted octanol–water partition coefficient (Wildman–Crippen LogP) is 12.6. The zero-order valence-corrected chi connectivity index (χ0v) is 27.8. The first kappa shape index (κ1) is 28.6. The maximum atomic E-state index is 5.17. The maximum Gasteiger partial charge on any atom is 0.160 e.